The molecule has 1 saturated heterocycles. The fraction of sp³-hybridized carbons (Fsp3) is 0.667. The lowest BCUT2D eigenvalue weighted by molar-refractivity contribution is -0.125. The zero-order chi connectivity index (χ0) is 19.8. The van der Waals surface area contributed by atoms with Gasteiger partial charge in [0.15, 0.2) is 10.8 Å². The molecule has 0 bridgehead atoms. The first-order valence-corrected chi connectivity index (χ1v) is 10.7. The van der Waals surface area contributed by atoms with Crippen LogP contribution >= 0.6 is 11.8 Å². The highest BCUT2D eigenvalue weighted by atomic mass is 32.2. The van der Waals surface area contributed by atoms with Gasteiger partial charge in [0.2, 0.25) is 5.91 Å². The van der Waals surface area contributed by atoms with Crippen LogP contribution in [0, 0.1) is 0 Å². The lowest BCUT2D eigenvalue weighted by Crippen LogP contribution is -2.37. The minimum Gasteiger partial charge on any atom is -0.378 e. The largest absolute Gasteiger partial charge is 0.378 e. The summed E-state index contributed by atoms with van der Waals surface area (Å²) in [7, 11) is 0. The van der Waals surface area contributed by atoms with Crippen molar-refractivity contribution in [1.29, 1.82) is 0 Å². The van der Waals surface area contributed by atoms with Crippen LogP contribution in [0.25, 0.3) is 11.0 Å². The minimum atomic E-state index is -0.124. The number of thioether (sulfide) groups is 1. The Morgan fingerprint density at radius 1 is 1.32 bits per heavy atom. The zero-order valence-electron chi connectivity index (χ0n) is 16.5. The molecule has 154 valence electrons. The molecule has 0 aromatic carbocycles. The van der Waals surface area contributed by atoms with E-state index >= 15 is 0 Å². The summed E-state index contributed by atoms with van der Waals surface area (Å²) in [5, 5.41) is 9.04. The Hall–Kier alpha value is -1.91. The van der Waals surface area contributed by atoms with Gasteiger partial charge >= 0.3 is 0 Å². The molecular formula is C18H28N6O3S. The first-order valence-electron chi connectivity index (χ1n) is 9.76. The molecule has 2 aromatic rings. The number of amides is 1. The minimum absolute atomic E-state index is 0.0809. The number of aromatic nitrogens is 4. The van der Waals surface area contributed by atoms with E-state index in [1.54, 1.807) is 11.8 Å². The Kier molecular flexibility index (Phi) is 7.87. The van der Waals surface area contributed by atoms with Crippen LogP contribution in [0.1, 0.15) is 20.3 Å². The van der Waals surface area contributed by atoms with Crippen molar-refractivity contribution in [1.82, 2.24) is 25.1 Å². The molecule has 0 radical (unpaired) electrons. The highest BCUT2D eigenvalue weighted by Gasteiger charge is 2.20. The summed E-state index contributed by atoms with van der Waals surface area (Å²) in [4.78, 5) is 23.5. The van der Waals surface area contributed by atoms with Crippen molar-refractivity contribution < 1.29 is 14.3 Å². The van der Waals surface area contributed by atoms with E-state index in [2.05, 4.69) is 22.2 Å². The maximum Gasteiger partial charge on any atom is 0.246 e. The van der Waals surface area contributed by atoms with Crippen LogP contribution in [0.15, 0.2) is 11.4 Å². The van der Waals surface area contributed by atoms with Crippen LogP contribution in [0.3, 0.4) is 0 Å². The quantitative estimate of drug-likeness (QED) is 0.465. The van der Waals surface area contributed by atoms with E-state index in [1.807, 2.05) is 17.8 Å². The Morgan fingerprint density at radius 2 is 2.14 bits per heavy atom. The van der Waals surface area contributed by atoms with Crippen LogP contribution in [0.2, 0.25) is 0 Å². The van der Waals surface area contributed by atoms with E-state index < -0.39 is 0 Å². The van der Waals surface area contributed by atoms with Gasteiger partial charge in [0.1, 0.15) is 12.4 Å². The van der Waals surface area contributed by atoms with E-state index in [0.29, 0.717) is 32.9 Å². The van der Waals surface area contributed by atoms with Crippen molar-refractivity contribution in [2.45, 2.75) is 32.0 Å². The number of hydrogen-bond donors (Lipinski definition) is 1. The number of ether oxygens (including phenoxy) is 2. The first-order chi connectivity index (χ1) is 13.7. The molecule has 1 fully saturated rings. The summed E-state index contributed by atoms with van der Waals surface area (Å²) < 4.78 is 12.4. The number of nitrogens with zero attached hydrogens (tertiary/aromatic N) is 5. The summed E-state index contributed by atoms with van der Waals surface area (Å²) in [6, 6.07) is 0. The van der Waals surface area contributed by atoms with Gasteiger partial charge in [-0.3, -0.25) is 4.79 Å². The lowest BCUT2D eigenvalue weighted by atomic mass is 10.3. The fourth-order valence-corrected chi connectivity index (χ4v) is 3.59. The summed E-state index contributed by atoms with van der Waals surface area (Å²) in [6.45, 7) is 8.63. The number of carbonyl (C=O) groups is 1. The Bertz CT molecular complexity index is 778. The smallest absolute Gasteiger partial charge is 0.246 e. The number of carbonyl (C=O) groups excluding carboxylic acids is 1. The number of morpholine rings is 1. The second kappa shape index (κ2) is 10.6. The molecule has 28 heavy (non-hydrogen) atoms. The van der Waals surface area contributed by atoms with Crippen LogP contribution < -0.4 is 10.2 Å². The van der Waals surface area contributed by atoms with E-state index in [9.17, 15) is 4.79 Å². The predicted octanol–water partition coefficient (Wildman–Crippen LogP) is 1.32. The molecule has 1 aliphatic heterocycles. The summed E-state index contributed by atoms with van der Waals surface area (Å²) in [6.07, 6.45) is 2.88. The van der Waals surface area contributed by atoms with Crippen molar-refractivity contribution in [3.8, 4) is 0 Å². The van der Waals surface area contributed by atoms with E-state index in [1.165, 1.54) is 0 Å². The summed E-state index contributed by atoms with van der Waals surface area (Å²) in [5.41, 5.74) is 0.800. The third kappa shape index (κ3) is 5.33. The van der Waals surface area contributed by atoms with Crippen molar-refractivity contribution in [2.75, 3.05) is 56.7 Å². The van der Waals surface area contributed by atoms with Gasteiger partial charge in [0, 0.05) is 32.0 Å². The molecule has 0 saturated carbocycles. The summed E-state index contributed by atoms with van der Waals surface area (Å²) in [5.74, 6) is 1.76. The molecule has 3 heterocycles. The molecule has 0 atom stereocenters. The van der Waals surface area contributed by atoms with Crippen molar-refractivity contribution in [3.05, 3.63) is 6.20 Å². The summed E-state index contributed by atoms with van der Waals surface area (Å²) >= 11 is 1.66. The number of hydrogen-bond acceptors (Lipinski definition) is 8. The SMILES string of the molecule is CCCSc1nc(N2CCOCC2)c2cnn(CCNC(=O)COCC)c2n1. The van der Waals surface area contributed by atoms with Crippen LogP contribution in [-0.2, 0) is 20.8 Å². The molecular weight excluding hydrogens is 380 g/mol. The second-order valence-electron chi connectivity index (χ2n) is 6.37. The highest BCUT2D eigenvalue weighted by molar-refractivity contribution is 7.99. The van der Waals surface area contributed by atoms with Gasteiger partial charge in [0.05, 0.1) is 31.3 Å². The average molecular weight is 409 g/mol. The normalized spacial score (nSPS) is 14.6. The molecule has 0 unspecified atom stereocenters. The zero-order valence-corrected chi connectivity index (χ0v) is 17.3. The van der Waals surface area contributed by atoms with Gasteiger partial charge in [-0.1, -0.05) is 18.7 Å². The monoisotopic (exact) mass is 408 g/mol. The van der Waals surface area contributed by atoms with Gasteiger partial charge < -0.3 is 19.7 Å². The third-order valence-corrected chi connectivity index (χ3v) is 5.34. The molecule has 0 aliphatic carbocycles. The maximum atomic E-state index is 11.7. The Labute approximate surface area is 169 Å². The molecule has 9 nitrogen and oxygen atoms in total. The van der Waals surface area contributed by atoms with Crippen LogP contribution in [-0.4, -0.2) is 77.5 Å². The van der Waals surface area contributed by atoms with E-state index in [4.69, 9.17) is 19.4 Å². The topological polar surface area (TPSA) is 94.4 Å². The molecule has 1 N–H and O–H groups in total. The fourth-order valence-electron chi connectivity index (χ4n) is 2.91. The van der Waals surface area contributed by atoms with Crippen molar-refractivity contribution in [3.63, 3.8) is 0 Å². The molecule has 10 heteroatoms. The van der Waals surface area contributed by atoms with Crippen LogP contribution in [0.4, 0.5) is 5.82 Å². The van der Waals surface area contributed by atoms with Crippen molar-refractivity contribution >= 4 is 34.5 Å². The standard InChI is InChI=1S/C18H28N6O3S/c1-3-11-28-18-21-16(23-7-9-27-10-8-23)14-12-20-24(17(14)22-18)6-5-19-15(25)13-26-4-2/h12H,3-11,13H2,1-2H3,(H,19,25). The lowest BCUT2D eigenvalue weighted by Gasteiger charge is -2.28. The third-order valence-electron chi connectivity index (χ3n) is 4.28. The number of anilines is 1. The number of rotatable bonds is 10. The average Bonchev–Trinajstić information content (AvgIpc) is 3.13. The van der Waals surface area contributed by atoms with Gasteiger partial charge in [0.25, 0.3) is 0 Å². The van der Waals surface area contributed by atoms with Crippen LogP contribution in [0.5, 0.6) is 0 Å². The van der Waals surface area contributed by atoms with Gasteiger partial charge in [-0.15, -0.1) is 0 Å². The maximum absolute atomic E-state index is 11.7. The molecule has 3 rings (SSSR count). The molecule has 2 aromatic heterocycles. The first kappa shape index (κ1) is 20.8. The Balaban J connectivity index is 1.78. The van der Waals surface area contributed by atoms with E-state index in [0.717, 1.165) is 47.3 Å². The number of fused-ring (bicyclic) bond motifs is 1. The predicted molar refractivity (Wildman–Crippen MR) is 109 cm³/mol. The second-order valence-corrected chi connectivity index (χ2v) is 7.43. The van der Waals surface area contributed by atoms with Gasteiger partial charge in [-0.05, 0) is 13.3 Å². The molecule has 0 spiro atoms. The van der Waals surface area contributed by atoms with Gasteiger partial charge in [-0.2, -0.15) is 5.10 Å². The number of nitrogens with one attached hydrogen (secondary N) is 1. The van der Waals surface area contributed by atoms with E-state index in [-0.39, 0.29) is 12.5 Å². The van der Waals surface area contributed by atoms with Gasteiger partial charge in [-0.25, -0.2) is 14.6 Å². The molecule has 1 aliphatic rings. The molecule has 1 amide bonds. The Morgan fingerprint density at radius 3 is 2.89 bits per heavy atom. The highest BCUT2D eigenvalue weighted by Crippen LogP contribution is 2.28. The van der Waals surface area contributed by atoms with Crippen molar-refractivity contribution in [2.24, 2.45) is 0 Å².